The van der Waals surface area contributed by atoms with Crippen molar-refractivity contribution in [2.24, 2.45) is 0 Å². The Balaban J connectivity index is 2.12. The Labute approximate surface area is 164 Å². The smallest absolute Gasteiger partial charge is 0.303 e. The second-order valence-electron chi connectivity index (χ2n) is 7.77. The van der Waals surface area contributed by atoms with E-state index in [1.165, 1.54) is 76.9 Å². The van der Waals surface area contributed by atoms with E-state index in [2.05, 4.69) is 6.92 Å². The number of hydrogen-bond acceptors (Lipinski definition) is 5. The maximum Gasteiger partial charge on any atom is 0.303 e. The van der Waals surface area contributed by atoms with Gasteiger partial charge in [-0.05, 0) is 18.6 Å². The molecule has 0 amide bonds. The van der Waals surface area contributed by atoms with Crippen LogP contribution >= 0.6 is 0 Å². The van der Waals surface area contributed by atoms with E-state index in [1.807, 2.05) is 0 Å². The fourth-order valence-corrected chi connectivity index (χ4v) is 3.66. The maximum atomic E-state index is 12.0. The molecule has 0 fully saturated rings. The molecule has 5 heteroatoms. The van der Waals surface area contributed by atoms with Gasteiger partial charge < -0.3 is 14.9 Å². The van der Waals surface area contributed by atoms with Crippen molar-refractivity contribution in [2.75, 3.05) is 0 Å². The Morgan fingerprint density at radius 2 is 1.52 bits per heavy atom. The van der Waals surface area contributed by atoms with Crippen LogP contribution in [0.2, 0.25) is 0 Å². The molecule has 5 nitrogen and oxygen atoms in total. The minimum atomic E-state index is -2.04. The fraction of sp³-hybridized carbons (Fsp3) is 0.818. The van der Waals surface area contributed by atoms with Crippen LogP contribution < -0.4 is 0 Å². The fourth-order valence-electron chi connectivity index (χ4n) is 3.66. The highest BCUT2D eigenvalue weighted by molar-refractivity contribution is 6.01. The third-order valence-corrected chi connectivity index (χ3v) is 5.38. The van der Waals surface area contributed by atoms with Gasteiger partial charge in [0.25, 0.3) is 0 Å². The maximum absolute atomic E-state index is 12.0. The number of carbonyl (C=O) groups excluding carboxylic acids is 2. The Kier molecular flexibility index (Phi) is 11.5. The monoisotopic (exact) mass is 382 g/mol. The molecule has 0 unspecified atom stereocenters. The average Bonchev–Trinajstić information content (AvgIpc) is 2.91. The van der Waals surface area contributed by atoms with E-state index in [4.69, 9.17) is 4.74 Å². The Hall–Kier alpha value is -1.20. The quantitative estimate of drug-likeness (QED) is 0.327. The molecule has 27 heavy (non-hydrogen) atoms. The number of aliphatic hydroxyl groups is 2. The summed E-state index contributed by atoms with van der Waals surface area (Å²) in [5.74, 6) is -1.18. The molecule has 3 atom stereocenters. The number of rotatable bonds is 15. The third-order valence-electron chi connectivity index (χ3n) is 5.38. The summed E-state index contributed by atoms with van der Waals surface area (Å²) in [6.45, 7) is 3.45. The number of esters is 1. The summed E-state index contributed by atoms with van der Waals surface area (Å²) in [5.41, 5.74) is -2.04. The highest BCUT2D eigenvalue weighted by Gasteiger charge is 2.52. The molecule has 1 aliphatic carbocycles. The molecular formula is C22H38O5. The first kappa shape index (κ1) is 23.8. The topological polar surface area (TPSA) is 83.8 Å². The van der Waals surface area contributed by atoms with Crippen molar-refractivity contribution in [3.05, 3.63) is 12.2 Å². The van der Waals surface area contributed by atoms with Gasteiger partial charge in [0, 0.05) is 6.92 Å². The van der Waals surface area contributed by atoms with Gasteiger partial charge >= 0.3 is 5.97 Å². The second kappa shape index (κ2) is 13.1. The van der Waals surface area contributed by atoms with Crippen molar-refractivity contribution in [1.82, 2.24) is 0 Å². The van der Waals surface area contributed by atoms with Gasteiger partial charge in [0.1, 0.15) is 0 Å². The van der Waals surface area contributed by atoms with Gasteiger partial charge in [-0.1, -0.05) is 84.0 Å². The molecule has 0 aromatic rings. The third kappa shape index (κ3) is 8.14. The van der Waals surface area contributed by atoms with E-state index >= 15 is 0 Å². The molecular weight excluding hydrogens is 344 g/mol. The van der Waals surface area contributed by atoms with Crippen molar-refractivity contribution in [2.45, 2.75) is 115 Å². The molecule has 1 rings (SSSR count). The molecule has 0 aromatic carbocycles. The lowest BCUT2D eigenvalue weighted by Gasteiger charge is -2.32. The van der Waals surface area contributed by atoms with Crippen LogP contribution in [0, 0.1) is 0 Å². The summed E-state index contributed by atoms with van der Waals surface area (Å²) < 4.78 is 4.97. The van der Waals surface area contributed by atoms with Crippen LogP contribution in [0.3, 0.4) is 0 Å². The van der Waals surface area contributed by atoms with E-state index in [1.54, 1.807) is 0 Å². The molecule has 0 saturated carbocycles. The zero-order valence-corrected chi connectivity index (χ0v) is 17.1. The molecule has 0 heterocycles. The van der Waals surface area contributed by atoms with E-state index in [0.29, 0.717) is 6.42 Å². The van der Waals surface area contributed by atoms with Gasteiger partial charge in [0.15, 0.2) is 17.5 Å². The second-order valence-corrected chi connectivity index (χ2v) is 7.77. The number of aliphatic hydroxyl groups excluding tert-OH is 1. The molecule has 0 radical (unpaired) electrons. The predicted molar refractivity (Wildman–Crippen MR) is 106 cm³/mol. The number of hydrogen-bond donors (Lipinski definition) is 2. The van der Waals surface area contributed by atoms with Crippen molar-refractivity contribution in [1.29, 1.82) is 0 Å². The normalized spacial score (nSPS) is 23.0. The summed E-state index contributed by atoms with van der Waals surface area (Å²) in [7, 11) is 0. The number of ether oxygens (including phenoxy) is 1. The van der Waals surface area contributed by atoms with Crippen LogP contribution in [-0.2, 0) is 14.3 Å². The lowest BCUT2D eigenvalue weighted by atomic mass is 9.87. The average molecular weight is 383 g/mol. The first-order chi connectivity index (χ1) is 12.9. The SMILES string of the molecule is CCCCCCCCCCCCCC[C@H](O)[C@]1(O)C(=O)C=C[C@@H]1OC(C)=O. The molecule has 156 valence electrons. The summed E-state index contributed by atoms with van der Waals surface area (Å²) in [4.78, 5) is 23.1. The van der Waals surface area contributed by atoms with Crippen molar-refractivity contribution in [3.8, 4) is 0 Å². The minimum absolute atomic E-state index is 0.319. The Morgan fingerprint density at radius 3 is 2.00 bits per heavy atom. The zero-order chi connectivity index (χ0) is 20.1. The highest BCUT2D eigenvalue weighted by atomic mass is 16.6. The summed E-state index contributed by atoms with van der Waals surface area (Å²) in [6.07, 6.45) is 15.1. The number of ketones is 1. The van der Waals surface area contributed by atoms with Gasteiger partial charge in [0.05, 0.1) is 6.10 Å². The van der Waals surface area contributed by atoms with Crippen LogP contribution in [0.4, 0.5) is 0 Å². The van der Waals surface area contributed by atoms with Crippen molar-refractivity contribution >= 4 is 11.8 Å². The van der Waals surface area contributed by atoms with E-state index < -0.39 is 29.6 Å². The van der Waals surface area contributed by atoms with Gasteiger partial charge in [-0.2, -0.15) is 0 Å². The first-order valence-corrected chi connectivity index (χ1v) is 10.7. The minimum Gasteiger partial charge on any atom is -0.455 e. The van der Waals surface area contributed by atoms with E-state index in [9.17, 15) is 19.8 Å². The van der Waals surface area contributed by atoms with Crippen LogP contribution in [0.1, 0.15) is 97.3 Å². The van der Waals surface area contributed by atoms with Crippen LogP contribution in [0.25, 0.3) is 0 Å². The van der Waals surface area contributed by atoms with Crippen LogP contribution in [-0.4, -0.2) is 39.8 Å². The summed E-state index contributed by atoms with van der Waals surface area (Å²) in [6, 6.07) is 0. The zero-order valence-electron chi connectivity index (χ0n) is 17.1. The molecule has 0 aromatic heterocycles. The lowest BCUT2D eigenvalue weighted by molar-refractivity contribution is -0.174. The van der Waals surface area contributed by atoms with Gasteiger partial charge in [-0.3, -0.25) is 9.59 Å². The van der Waals surface area contributed by atoms with Crippen LogP contribution in [0.15, 0.2) is 12.2 Å². The standard InChI is InChI=1S/C22H38O5/c1-3-4-5-6-7-8-9-10-11-12-13-14-15-19(24)22(26)20(25)16-17-21(22)27-18(2)23/h16-17,19,21,24,26H,3-15H2,1-2H3/t19-,21-,22-/m0/s1. The summed E-state index contributed by atoms with van der Waals surface area (Å²) in [5, 5.41) is 20.9. The first-order valence-electron chi connectivity index (χ1n) is 10.7. The Morgan fingerprint density at radius 1 is 1.04 bits per heavy atom. The van der Waals surface area contributed by atoms with Crippen molar-refractivity contribution < 1.29 is 24.5 Å². The Bertz CT molecular complexity index is 473. The molecule has 0 bridgehead atoms. The lowest BCUT2D eigenvalue weighted by Crippen LogP contribution is -2.55. The van der Waals surface area contributed by atoms with Crippen LogP contribution in [0.5, 0.6) is 0 Å². The predicted octanol–water partition coefficient (Wildman–Crippen LogP) is 4.24. The number of unbranched alkanes of at least 4 members (excludes halogenated alkanes) is 11. The van der Waals surface area contributed by atoms with Gasteiger partial charge in [-0.15, -0.1) is 0 Å². The van der Waals surface area contributed by atoms with E-state index in [-0.39, 0.29) is 0 Å². The largest absolute Gasteiger partial charge is 0.455 e. The highest BCUT2D eigenvalue weighted by Crippen LogP contribution is 2.30. The molecule has 0 spiro atoms. The van der Waals surface area contributed by atoms with Gasteiger partial charge in [-0.25, -0.2) is 0 Å². The van der Waals surface area contributed by atoms with Gasteiger partial charge in [0.2, 0.25) is 0 Å². The summed E-state index contributed by atoms with van der Waals surface area (Å²) >= 11 is 0. The molecule has 1 aliphatic rings. The van der Waals surface area contributed by atoms with Crippen molar-refractivity contribution in [3.63, 3.8) is 0 Å². The molecule has 2 N–H and O–H groups in total. The van der Waals surface area contributed by atoms with E-state index in [0.717, 1.165) is 19.3 Å². The molecule has 0 saturated heterocycles. The molecule has 0 aliphatic heterocycles. The number of carbonyl (C=O) groups is 2.